The van der Waals surface area contributed by atoms with Crippen LogP contribution in [-0.4, -0.2) is 11.6 Å². The molecule has 4 nitrogen and oxygen atoms in total. The SMILES string of the molecule is Nc1ccc(Oc2ccc(Cl)cc2Br)nc1OCC1CC1. The molecule has 3 rings (SSSR count). The molecule has 2 aromatic rings. The van der Waals surface area contributed by atoms with Gasteiger partial charge in [0.15, 0.2) is 0 Å². The summed E-state index contributed by atoms with van der Waals surface area (Å²) >= 11 is 9.31. The monoisotopic (exact) mass is 368 g/mol. The van der Waals surface area contributed by atoms with E-state index in [0.29, 0.717) is 40.7 Å². The van der Waals surface area contributed by atoms with Crippen molar-refractivity contribution in [3.63, 3.8) is 0 Å². The van der Waals surface area contributed by atoms with Crippen LogP contribution in [0.25, 0.3) is 0 Å². The molecule has 1 aliphatic carbocycles. The van der Waals surface area contributed by atoms with Gasteiger partial charge in [-0.3, -0.25) is 0 Å². The largest absolute Gasteiger partial charge is 0.476 e. The minimum Gasteiger partial charge on any atom is -0.476 e. The van der Waals surface area contributed by atoms with Gasteiger partial charge in [-0.25, -0.2) is 0 Å². The molecule has 0 aliphatic heterocycles. The normalized spacial score (nSPS) is 14.0. The molecule has 1 aliphatic rings. The minimum atomic E-state index is 0.421. The molecule has 0 amide bonds. The van der Waals surface area contributed by atoms with E-state index in [1.165, 1.54) is 12.8 Å². The molecule has 2 N–H and O–H groups in total. The number of nitrogen functional groups attached to an aromatic ring is 1. The summed E-state index contributed by atoms with van der Waals surface area (Å²) in [4.78, 5) is 4.31. The standard InChI is InChI=1S/C15H14BrClN2O2/c16-11-7-10(17)3-5-13(11)21-14-6-4-12(18)15(19-14)20-8-9-1-2-9/h3-7,9H,1-2,8,18H2. The first-order valence-electron chi connectivity index (χ1n) is 6.64. The number of nitrogens with zero attached hydrogens (tertiary/aromatic N) is 1. The Balaban J connectivity index is 1.76. The summed E-state index contributed by atoms with van der Waals surface area (Å²) < 4.78 is 12.1. The molecule has 1 aromatic heterocycles. The van der Waals surface area contributed by atoms with Gasteiger partial charge in [-0.2, -0.15) is 4.98 Å². The van der Waals surface area contributed by atoms with E-state index in [-0.39, 0.29) is 0 Å². The predicted molar refractivity (Wildman–Crippen MR) is 86.1 cm³/mol. The average molecular weight is 370 g/mol. The summed E-state index contributed by atoms with van der Waals surface area (Å²) in [5.74, 6) is 2.12. The summed E-state index contributed by atoms with van der Waals surface area (Å²) in [6, 6.07) is 8.73. The lowest BCUT2D eigenvalue weighted by molar-refractivity contribution is 0.286. The van der Waals surface area contributed by atoms with Gasteiger partial charge in [-0.15, -0.1) is 0 Å². The van der Waals surface area contributed by atoms with E-state index in [4.69, 9.17) is 26.8 Å². The Labute approximate surface area is 136 Å². The number of benzene rings is 1. The molecule has 1 aromatic carbocycles. The van der Waals surface area contributed by atoms with Crippen molar-refractivity contribution in [3.8, 4) is 17.5 Å². The van der Waals surface area contributed by atoms with Gasteiger partial charge in [-0.05, 0) is 59.0 Å². The van der Waals surface area contributed by atoms with Gasteiger partial charge in [0, 0.05) is 11.1 Å². The Morgan fingerprint density at radius 2 is 2.10 bits per heavy atom. The van der Waals surface area contributed by atoms with E-state index in [1.807, 2.05) is 0 Å². The van der Waals surface area contributed by atoms with Crippen LogP contribution >= 0.6 is 27.5 Å². The van der Waals surface area contributed by atoms with Crippen molar-refractivity contribution in [2.75, 3.05) is 12.3 Å². The van der Waals surface area contributed by atoms with E-state index in [1.54, 1.807) is 30.3 Å². The predicted octanol–water partition coefficient (Wildman–Crippen LogP) is 4.66. The molecule has 0 bridgehead atoms. The fourth-order valence-corrected chi connectivity index (χ4v) is 2.52. The van der Waals surface area contributed by atoms with E-state index >= 15 is 0 Å². The second-order valence-electron chi connectivity index (χ2n) is 4.98. The minimum absolute atomic E-state index is 0.421. The molecule has 110 valence electrons. The topological polar surface area (TPSA) is 57.4 Å². The lowest BCUT2D eigenvalue weighted by atomic mass is 10.3. The molecule has 1 heterocycles. The maximum Gasteiger partial charge on any atom is 0.240 e. The van der Waals surface area contributed by atoms with Crippen molar-refractivity contribution in [2.24, 2.45) is 5.92 Å². The van der Waals surface area contributed by atoms with Gasteiger partial charge in [0.25, 0.3) is 0 Å². The molecule has 1 fully saturated rings. The van der Waals surface area contributed by atoms with Crippen LogP contribution in [-0.2, 0) is 0 Å². The third-order valence-corrected chi connectivity index (χ3v) is 3.98. The molecule has 0 radical (unpaired) electrons. The van der Waals surface area contributed by atoms with Gasteiger partial charge in [0.05, 0.1) is 16.8 Å². The summed E-state index contributed by atoms with van der Waals surface area (Å²) in [6.07, 6.45) is 2.43. The summed E-state index contributed by atoms with van der Waals surface area (Å²) in [7, 11) is 0. The van der Waals surface area contributed by atoms with Crippen molar-refractivity contribution >= 4 is 33.2 Å². The van der Waals surface area contributed by atoms with Gasteiger partial charge in [-0.1, -0.05) is 11.6 Å². The smallest absolute Gasteiger partial charge is 0.240 e. The van der Waals surface area contributed by atoms with Crippen LogP contribution in [0.4, 0.5) is 5.69 Å². The summed E-state index contributed by atoms with van der Waals surface area (Å²) in [5.41, 5.74) is 6.38. The van der Waals surface area contributed by atoms with Crippen LogP contribution in [0.3, 0.4) is 0 Å². The van der Waals surface area contributed by atoms with Crippen molar-refractivity contribution < 1.29 is 9.47 Å². The second-order valence-corrected chi connectivity index (χ2v) is 6.27. The van der Waals surface area contributed by atoms with E-state index in [2.05, 4.69) is 20.9 Å². The first-order valence-corrected chi connectivity index (χ1v) is 7.81. The Kier molecular flexibility index (Phi) is 4.22. The Hall–Kier alpha value is -1.46. The van der Waals surface area contributed by atoms with E-state index < -0.39 is 0 Å². The van der Waals surface area contributed by atoms with E-state index in [0.717, 1.165) is 4.47 Å². The van der Waals surface area contributed by atoms with E-state index in [9.17, 15) is 0 Å². The highest BCUT2D eigenvalue weighted by molar-refractivity contribution is 9.10. The molecule has 0 atom stereocenters. The molecule has 6 heteroatoms. The third-order valence-electron chi connectivity index (χ3n) is 3.13. The second kappa shape index (κ2) is 6.12. The molecular weight excluding hydrogens is 356 g/mol. The number of anilines is 1. The van der Waals surface area contributed by atoms with Crippen molar-refractivity contribution in [1.29, 1.82) is 0 Å². The first kappa shape index (κ1) is 14.5. The zero-order chi connectivity index (χ0) is 14.8. The highest BCUT2D eigenvalue weighted by Gasteiger charge is 2.22. The highest BCUT2D eigenvalue weighted by Crippen LogP contribution is 2.34. The number of halogens is 2. The zero-order valence-corrected chi connectivity index (χ0v) is 13.5. The maximum atomic E-state index is 5.90. The maximum absolute atomic E-state index is 5.90. The number of hydrogen-bond donors (Lipinski definition) is 1. The Bertz CT molecular complexity index is 662. The average Bonchev–Trinajstić information content (AvgIpc) is 3.26. The first-order chi connectivity index (χ1) is 10.1. The molecule has 1 saturated carbocycles. The van der Waals surface area contributed by atoms with Crippen LogP contribution < -0.4 is 15.2 Å². The lowest BCUT2D eigenvalue weighted by Crippen LogP contribution is -2.04. The molecule has 0 unspecified atom stereocenters. The summed E-state index contributed by atoms with van der Waals surface area (Å²) in [6.45, 7) is 0.658. The number of ether oxygens (including phenoxy) is 2. The quantitative estimate of drug-likeness (QED) is 0.832. The Morgan fingerprint density at radius 1 is 1.29 bits per heavy atom. The van der Waals surface area contributed by atoms with Crippen molar-refractivity contribution in [3.05, 3.63) is 39.8 Å². The fraction of sp³-hybridized carbons (Fsp3) is 0.267. The van der Waals surface area contributed by atoms with Crippen molar-refractivity contribution in [2.45, 2.75) is 12.8 Å². The van der Waals surface area contributed by atoms with Crippen LogP contribution in [0.2, 0.25) is 5.02 Å². The molecule has 0 saturated heterocycles. The number of pyridine rings is 1. The van der Waals surface area contributed by atoms with Crippen LogP contribution in [0, 0.1) is 5.92 Å². The van der Waals surface area contributed by atoms with Crippen molar-refractivity contribution in [1.82, 2.24) is 4.98 Å². The number of aromatic nitrogens is 1. The van der Waals surface area contributed by atoms with Crippen LogP contribution in [0.1, 0.15) is 12.8 Å². The zero-order valence-electron chi connectivity index (χ0n) is 11.2. The van der Waals surface area contributed by atoms with Crippen LogP contribution in [0.5, 0.6) is 17.5 Å². The lowest BCUT2D eigenvalue weighted by Gasteiger charge is -2.11. The molecule has 0 spiro atoms. The third kappa shape index (κ3) is 3.80. The fourth-order valence-electron chi connectivity index (χ4n) is 1.76. The highest BCUT2D eigenvalue weighted by atomic mass is 79.9. The van der Waals surface area contributed by atoms with Gasteiger partial charge in [0.1, 0.15) is 5.75 Å². The van der Waals surface area contributed by atoms with Gasteiger partial charge in [0.2, 0.25) is 11.8 Å². The molecular formula is C15H14BrClN2O2. The van der Waals surface area contributed by atoms with Gasteiger partial charge >= 0.3 is 0 Å². The number of rotatable bonds is 5. The van der Waals surface area contributed by atoms with Crippen LogP contribution in [0.15, 0.2) is 34.8 Å². The molecule has 21 heavy (non-hydrogen) atoms. The Morgan fingerprint density at radius 3 is 2.81 bits per heavy atom. The van der Waals surface area contributed by atoms with Gasteiger partial charge < -0.3 is 15.2 Å². The number of nitrogens with two attached hydrogens (primary N) is 1. The number of hydrogen-bond acceptors (Lipinski definition) is 4. The summed E-state index contributed by atoms with van der Waals surface area (Å²) in [5, 5.41) is 0.632.